The molecule has 2 unspecified atom stereocenters. The number of hydrogen-bond acceptors (Lipinski definition) is 4. The Morgan fingerprint density at radius 1 is 1.44 bits per heavy atom. The first kappa shape index (κ1) is 12.9. The molecule has 0 heterocycles. The topological polar surface area (TPSA) is 75.7 Å². The van der Waals surface area contributed by atoms with Gasteiger partial charge in [-0.05, 0) is 19.0 Å². The molecule has 90 valence electrons. The molecule has 0 spiro atoms. The molecule has 0 saturated carbocycles. The third-order valence-electron chi connectivity index (χ3n) is 2.35. The summed E-state index contributed by atoms with van der Waals surface area (Å²) in [6.45, 7) is 0.246. The minimum Gasteiger partial charge on any atom is -0.493 e. The largest absolute Gasteiger partial charge is 0.493 e. The Labute approximate surface area is 93.5 Å². The van der Waals surface area contributed by atoms with E-state index in [9.17, 15) is 14.6 Å². The summed E-state index contributed by atoms with van der Waals surface area (Å²) in [7, 11) is 1.31. The minimum atomic E-state index is -1.20. The van der Waals surface area contributed by atoms with Gasteiger partial charge in [0.25, 0.3) is 0 Å². The Balaban J connectivity index is 2.98. The van der Waals surface area contributed by atoms with Crippen LogP contribution in [0.3, 0.4) is 0 Å². The van der Waals surface area contributed by atoms with Crippen molar-refractivity contribution >= 4 is 0 Å². The van der Waals surface area contributed by atoms with Gasteiger partial charge in [-0.3, -0.25) is 0 Å². The molecule has 0 aliphatic rings. The van der Waals surface area contributed by atoms with Crippen LogP contribution >= 0.6 is 0 Å². The molecule has 0 radical (unpaired) electrons. The zero-order valence-corrected chi connectivity index (χ0v) is 9.06. The highest BCUT2D eigenvalue weighted by Crippen LogP contribution is 2.30. The summed E-state index contributed by atoms with van der Waals surface area (Å²) in [6, 6.07) is 4.18. The SMILES string of the molecule is COc1c(F)cccc1C(O)C(O)CCN. The molecule has 16 heavy (non-hydrogen) atoms. The summed E-state index contributed by atoms with van der Waals surface area (Å²) in [5.41, 5.74) is 5.49. The first-order chi connectivity index (χ1) is 7.61. The quantitative estimate of drug-likeness (QED) is 0.690. The number of benzene rings is 1. The minimum absolute atomic E-state index is 0.0499. The predicted molar refractivity (Wildman–Crippen MR) is 57.6 cm³/mol. The summed E-state index contributed by atoms with van der Waals surface area (Å²) in [6.07, 6.45) is -1.99. The van der Waals surface area contributed by atoms with E-state index in [0.29, 0.717) is 0 Å². The molecule has 0 fully saturated rings. The Kier molecular flexibility index (Phi) is 4.67. The zero-order valence-electron chi connectivity index (χ0n) is 9.06. The molecule has 1 rings (SSSR count). The van der Waals surface area contributed by atoms with Crippen LogP contribution in [0.1, 0.15) is 18.1 Å². The van der Waals surface area contributed by atoms with Crippen LogP contribution in [0.5, 0.6) is 5.75 Å². The van der Waals surface area contributed by atoms with E-state index < -0.39 is 18.0 Å². The fraction of sp³-hybridized carbons (Fsp3) is 0.455. The van der Waals surface area contributed by atoms with E-state index in [1.54, 1.807) is 0 Å². The van der Waals surface area contributed by atoms with Crippen molar-refractivity contribution in [3.63, 3.8) is 0 Å². The van der Waals surface area contributed by atoms with Crippen LogP contribution in [0.2, 0.25) is 0 Å². The summed E-state index contributed by atoms with van der Waals surface area (Å²) in [4.78, 5) is 0. The van der Waals surface area contributed by atoms with E-state index in [1.807, 2.05) is 0 Å². The number of halogens is 1. The molecule has 0 aliphatic carbocycles. The van der Waals surface area contributed by atoms with Gasteiger partial charge in [-0.2, -0.15) is 0 Å². The Morgan fingerprint density at radius 3 is 2.69 bits per heavy atom. The Morgan fingerprint density at radius 2 is 2.12 bits per heavy atom. The molecule has 4 N–H and O–H groups in total. The van der Waals surface area contributed by atoms with Crippen molar-refractivity contribution in [3.05, 3.63) is 29.6 Å². The lowest BCUT2D eigenvalue weighted by atomic mass is 10.0. The first-order valence-electron chi connectivity index (χ1n) is 5.00. The van der Waals surface area contributed by atoms with Crippen molar-refractivity contribution < 1.29 is 19.3 Å². The number of aliphatic hydroxyl groups excluding tert-OH is 2. The average molecular weight is 229 g/mol. The molecular weight excluding hydrogens is 213 g/mol. The van der Waals surface area contributed by atoms with Crippen molar-refractivity contribution in [2.75, 3.05) is 13.7 Å². The summed E-state index contributed by atoms with van der Waals surface area (Å²) in [5.74, 6) is -0.620. The summed E-state index contributed by atoms with van der Waals surface area (Å²) >= 11 is 0. The fourth-order valence-corrected chi connectivity index (χ4v) is 1.51. The van der Waals surface area contributed by atoms with E-state index in [0.717, 1.165) is 0 Å². The fourth-order valence-electron chi connectivity index (χ4n) is 1.51. The van der Waals surface area contributed by atoms with Gasteiger partial charge in [0, 0.05) is 5.56 Å². The van der Waals surface area contributed by atoms with Crippen molar-refractivity contribution in [1.82, 2.24) is 0 Å². The zero-order chi connectivity index (χ0) is 12.1. The Bertz CT molecular complexity index is 346. The second-order valence-corrected chi connectivity index (χ2v) is 3.45. The molecule has 0 amide bonds. The van der Waals surface area contributed by atoms with Gasteiger partial charge in [-0.15, -0.1) is 0 Å². The normalized spacial score (nSPS) is 14.6. The van der Waals surface area contributed by atoms with Crippen LogP contribution in [0.15, 0.2) is 18.2 Å². The van der Waals surface area contributed by atoms with E-state index in [2.05, 4.69) is 0 Å². The highest BCUT2D eigenvalue weighted by Gasteiger charge is 2.22. The van der Waals surface area contributed by atoms with Gasteiger partial charge >= 0.3 is 0 Å². The number of para-hydroxylation sites is 1. The number of aliphatic hydroxyl groups is 2. The van der Waals surface area contributed by atoms with Crippen molar-refractivity contribution in [3.8, 4) is 5.75 Å². The first-order valence-corrected chi connectivity index (χ1v) is 5.00. The smallest absolute Gasteiger partial charge is 0.165 e. The van der Waals surface area contributed by atoms with Crippen LogP contribution < -0.4 is 10.5 Å². The third-order valence-corrected chi connectivity index (χ3v) is 2.35. The molecular formula is C11H16FNO3. The van der Waals surface area contributed by atoms with Crippen LogP contribution in [-0.4, -0.2) is 30.0 Å². The van der Waals surface area contributed by atoms with Crippen molar-refractivity contribution in [2.24, 2.45) is 5.73 Å². The molecule has 0 saturated heterocycles. The number of methoxy groups -OCH3 is 1. The van der Waals surface area contributed by atoms with Gasteiger partial charge in [-0.25, -0.2) is 4.39 Å². The van der Waals surface area contributed by atoms with Gasteiger partial charge in [0.1, 0.15) is 6.10 Å². The van der Waals surface area contributed by atoms with Crippen molar-refractivity contribution in [1.29, 1.82) is 0 Å². The second kappa shape index (κ2) is 5.79. The summed E-state index contributed by atoms with van der Waals surface area (Å²) in [5, 5.41) is 19.4. The van der Waals surface area contributed by atoms with Crippen LogP contribution in [0.4, 0.5) is 4.39 Å². The molecule has 1 aromatic rings. The average Bonchev–Trinajstić information content (AvgIpc) is 2.28. The van der Waals surface area contributed by atoms with Gasteiger partial charge in [0.15, 0.2) is 11.6 Å². The van der Waals surface area contributed by atoms with Gasteiger partial charge in [0.05, 0.1) is 13.2 Å². The van der Waals surface area contributed by atoms with Crippen molar-refractivity contribution in [2.45, 2.75) is 18.6 Å². The van der Waals surface area contributed by atoms with Gasteiger partial charge in [-0.1, -0.05) is 12.1 Å². The third kappa shape index (κ3) is 2.69. The van der Waals surface area contributed by atoms with Crippen LogP contribution in [0.25, 0.3) is 0 Å². The van der Waals surface area contributed by atoms with E-state index in [1.165, 1.54) is 25.3 Å². The molecule has 5 heteroatoms. The maximum Gasteiger partial charge on any atom is 0.165 e. The number of nitrogens with two attached hydrogens (primary N) is 1. The highest BCUT2D eigenvalue weighted by molar-refractivity contribution is 5.37. The second-order valence-electron chi connectivity index (χ2n) is 3.45. The summed E-state index contributed by atoms with van der Waals surface area (Å²) < 4.78 is 18.2. The molecule has 2 atom stereocenters. The van der Waals surface area contributed by atoms with E-state index in [-0.39, 0.29) is 24.3 Å². The predicted octanol–water partition coefficient (Wildman–Crippen LogP) is 0.577. The molecule has 0 bridgehead atoms. The molecule has 0 aromatic heterocycles. The number of rotatable bonds is 5. The standard InChI is InChI=1S/C11H16FNO3/c1-16-11-7(3-2-4-8(11)12)10(15)9(14)5-6-13/h2-4,9-10,14-15H,5-6,13H2,1H3. The molecule has 0 aliphatic heterocycles. The lowest BCUT2D eigenvalue weighted by Crippen LogP contribution is -2.22. The maximum absolute atomic E-state index is 13.3. The van der Waals surface area contributed by atoms with E-state index in [4.69, 9.17) is 10.5 Å². The van der Waals surface area contributed by atoms with Crippen LogP contribution in [-0.2, 0) is 0 Å². The molecule has 1 aromatic carbocycles. The number of hydrogen-bond donors (Lipinski definition) is 3. The lowest BCUT2D eigenvalue weighted by Gasteiger charge is -2.19. The van der Waals surface area contributed by atoms with Gasteiger partial charge in [0.2, 0.25) is 0 Å². The monoisotopic (exact) mass is 229 g/mol. The van der Waals surface area contributed by atoms with Gasteiger partial charge < -0.3 is 20.7 Å². The maximum atomic E-state index is 13.3. The molecule has 4 nitrogen and oxygen atoms in total. The van der Waals surface area contributed by atoms with E-state index >= 15 is 0 Å². The van der Waals surface area contributed by atoms with Crippen LogP contribution in [0, 0.1) is 5.82 Å². The highest BCUT2D eigenvalue weighted by atomic mass is 19.1. The number of ether oxygens (including phenoxy) is 1. The Hall–Kier alpha value is -1.17. The lowest BCUT2D eigenvalue weighted by molar-refractivity contribution is 0.0134.